The number of thioether (sulfide) groups is 1. The highest BCUT2D eigenvalue weighted by molar-refractivity contribution is 8.15. The first-order chi connectivity index (χ1) is 24.1. The Labute approximate surface area is 306 Å². The van der Waals surface area contributed by atoms with E-state index in [0.29, 0.717) is 28.9 Å². The predicted molar refractivity (Wildman–Crippen MR) is 212 cm³/mol. The third-order valence-electron chi connectivity index (χ3n) is 8.00. The fourth-order valence-electron chi connectivity index (χ4n) is 5.13. The molecule has 50 heavy (non-hydrogen) atoms. The van der Waals surface area contributed by atoms with Crippen molar-refractivity contribution < 1.29 is 19.4 Å². The maximum absolute atomic E-state index is 11.0. The Morgan fingerprint density at radius 2 is 1.60 bits per heavy atom. The number of nitrogens with zero attached hydrogens (tertiary/aromatic N) is 4. The van der Waals surface area contributed by atoms with Crippen molar-refractivity contribution in [2.24, 2.45) is 10.9 Å². The van der Waals surface area contributed by atoms with E-state index in [4.69, 9.17) is 19.8 Å². The number of hydrogen-bond acceptors (Lipinski definition) is 10. The van der Waals surface area contributed by atoms with Gasteiger partial charge < -0.3 is 14.6 Å². The van der Waals surface area contributed by atoms with Gasteiger partial charge in [-0.25, -0.2) is 14.8 Å². The molecule has 11 heteroatoms. The second kappa shape index (κ2) is 18.2. The van der Waals surface area contributed by atoms with E-state index in [1.807, 2.05) is 62.4 Å². The van der Waals surface area contributed by atoms with Crippen LogP contribution in [0.5, 0.6) is 5.75 Å². The molecule has 3 unspecified atom stereocenters. The fourth-order valence-corrected chi connectivity index (χ4v) is 8.22. The summed E-state index contributed by atoms with van der Waals surface area (Å²) >= 11 is 4.48. The van der Waals surface area contributed by atoms with E-state index in [2.05, 4.69) is 73.8 Å². The Bertz CT molecular complexity index is 2130. The van der Waals surface area contributed by atoms with Crippen LogP contribution in [0, 0.1) is 17.2 Å². The zero-order valence-electron chi connectivity index (χ0n) is 29.8. The number of rotatable bonds is 7. The zero-order valence-corrected chi connectivity index (χ0v) is 32.2. The normalized spacial score (nSPS) is 14.9. The standard InChI is InChI=1S/C15H10N2O2S2.C13H8N2OS.C9H20O.C2H6/c18-15(19)11-7-20-13(17-11)14-16-10-6-5-8-3-1-2-4-9(8)12(10)21-14;1-16-9-3-4-10-8(6-9)2-5-11-13(10)17-12(7-14)15-11;1-6-8(4)9(5)10-7(2)3;1-2/h1-6,11H,7H2,(H,18,19);2-6H,1H3;7-9H,6H2,1-5H3;1-2H3. The maximum atomic E-state index is 11.0. The van der Waals surface area contributed by atoms with Crippen LogP contribution in [-0.4, -0.2) is 57.2 Å². The van der Waals surface area contributed by atoms with Gasteiger partial charge in [0.15, 0.2) is 11.0 Å². The van der Waals surface area contributed by atoms with Crippen LogP contribution in [0.25, 0.3) is 42.0 Å². The Hall–Kier alpha value is -4.08. The van der Waals surface area contributed by atoms with Gasteiger partial charge in [0.2, 0.25) is 0 Å². The van der Waals surface area contributed by atoms with Gasteiger partial charge in [0.05, 0.1) is 39.8 Å². The van der Waals surface area contributed by atoms with Crippen LogP contribution in [0.3, 0.4) is 0 Å². The van der Waals surface area contributed by atoms with Crippen LogP contribution >= 0.6 is 34.4 Å². The maximum Gasteiger partial charge on any atom is 0.329 e. The lowest BCUT2D eigenvalue weighted by Crippen LogP contribution is -2.21. The summed E-state index contributed by atoms with van der Waals surface area (Å²) in [6, 6.07) is 23.6. The Kier molecular flexibility index (Phi) is 14.1. The van der Waals surface area contributed by atoms with Crippen molar-refractivity contribution in [3.8, 4) is 11.8 Å². The summed E-state index contributed by atoms with van der Waals surface area (Å²) in [7, 11) is 1.65. The molecule has 3 atom stereocenters. The van der Waals surface area contributed by atoms with Gasteiger partial charge in [-0.1, -0.05) is 70.5 Å². The van der Waals surface area contributed by atoms with E-state index >= 15 is 0 Å². The Morgan fingerprint density at radius 3 is 2.24 bits per heavy atom. The highest BCUT2D eigenvalue weighted by Crippen LogP contribution is 2.34. The lowest BCUT2D eigenvalue weighted by Gasteiger charge is -2.21. The molecule has 7 rings (SSSR count). The summed E-state index contributed by atoms with van der Waals surface area (Å²) in [5.74, 6) is 1.13. The molecule has 0 saturated heterocycles. The topological polar surface area (TPSA) is 118 Å². The van der Waals surface area contributed by atoms with E-state index in [1.54, 1.807) is 18.4 Å². The Morgan fingerprint density at radius 1 is 0.940 bits per heavy atom. The molecule has 4 aromatic carbocycles. The van der Waals surface area contributed by atoms with Crippen molar-refractivity contribution in [2.45, 2.75) is 73.1 Å². The predicted octanol–water partition coefficient (Wildman–Crippen LogP) is 10.6. The molecule has 0 amide bonds. The number of nitriles is 1. The number of carboxylic acids is 1. The highest BCUT2D eigenvalue weighted by atomic mass is 32.2. The molecule has 6 aromatic rings. The average molecular weight is 729 g/mol. The van der Waals surface area contributed by atoms with Gasteiger partial charge in [-0.3, -0.25) is 4.99 Å². The van der Waals surface area contributed by atoms with Crippen LogP contribution in [0.4, 0.5) is 0 Å². The summed E-state index contributed by atoms with van der Waals surface area (Å²) in [4.78, 5) is 24.1. The molecule has 8 nitrogen and oxygen atoms in total. The second-order valence-corrected chi connectivity index (χ2v) is 14.7. The summed E-state index contributed by atoms with van der Waals surface area (Å²) in [5.41, 5.74) is 1.82. The van der Waals surface area contributed by atoms with Gasteiger partial charge in [0, 0.05) is 16.5 Å². The van der Waals surface area contributed by atoms with Gasteiger partial charge in [0.25, 0.3) is 0 Å². The minimum Gasteiger partial charge on any atom is -0.497 e. The van der Waals surface area contributed by atoms with Crippen molar-refractivity contribution in [1.82, 2.24) is 9.97 Å². The number of ether oxygens (including phenoxy) is 2. The van der Waals surface area contributed by atoms with Crippen LogP contribution in [0.15, 0.2) is 71.7 Å². The van der Waals surface area contributed by atoms with Crippen LogP contribution in [-0.2, 0) is 9.53 Å². The lowest BCUT2D eigenvalue weighted by atomic mass is 10.0. The van der Waals surface area contributed by atoms with E-state index in [-0.39, 0.29) is 0 Å². The number of carboxylic acid groups (broad SMARTS) is 1. The summed E-state index contributed by atoms with van der Waals surface area (Å²) in [6.45, 7) is 14.7. The zero-order chi connectivity index (χ0) is 36.4. The molecule has 1 N–H and O–H groups in total. The SMILES string of the molecule is CC.CCC(C)C(C)OC(C)C.COc1ccc2c(ccc3nc(C#N)sc32)c1.O=C(O)C1CSC(c2nc3ccc4ccccc4c3s2)=N1. The summed E-state index contributed by atoms with van der Waals surface area (Å²) in [6.07, 6.45) is 1.97. The molecule has 0 spiro atoms. The van der Waals surface area contributed by atoms with Crippen LogP contribution < -0.4 is 4.74 Å². The first-order valence-electron chi connectivity index (χ1n) is 16.8. The first-order valence-corrected chi connectivity index (χ1v) is 19.4. The molecule has 0 radical (unpaired) electrons. The van der Waals surface area contributed by atoms with Crippen molar-refractivity contribution in [3.05, 3.63) is 76.7 Å². The third kappa shape index (κ3) is 9.37. The summed E-state index contributed by atoms with van der Waals surface area (Å²) in [5, 5.41) is 24.5. The molecule has 0 fully saturated rings. The molecule has 0 bridgehead atoms. The van der Waals surface area contributed by atoms with Crippen molar-refractivity contribution in [3.63, 3.8) is 0 Å². The van der Waals surface area contributed by atoms with Crippen molar-refractivity contribution in [2.75, 3.05) is 12.9 Å². The van der Waals surface area contributed by atoms with E-state index < -0.39 is 12.0 Å². The molecule has 1 aliphatic rings. The number of hydrogen-bond donors (Lipinski definition) is 1. The van der Waals surface area contributed by atoms with Crippen molar-refractivity contribution in [1.29, 1.82) is 5.26 Å². The quantitative estimate of drug-likeness (QED) is 0.173. The van der Waals surface area contributed by atoms with E-state index in [1.165, 1.54) is 40.3 Å². The van der Waals surface area contributed by atoms with Crippen molar-refractivity contribution >= 4 is 87.4 Å². The number of thiazole rings is 2. The second-order valence-electron chi connectivity index (χ2n) is 11.7. The molecule has 3 heterocycles. The van der Waals surface area contributed by atoms with E-state index in [0.717, 1.165) is 47.0 Å². The molecular weight excluding hydrogens is 685 g/mol. The largest absolute Gasteiger partial charge is 0.497 e. The Balaban J connectivity index is 0.000000175. The van der Waals surface area contributed by atoms with Gasteiger partial charge in [-0.05, 0) is 67.8 Å². The highest BCUT2D eigenvalue weighted by Gasteiger charge is 2.27. The van der Waals surface area contributed by atoms with Crippen LogP contribution in [0.1, 0.15) is 64.9 Å². The fraction of sp³-hybridized carbons (Fsp3) is 0.359. The number of fused-ring (bicyclic) bond motifs is 6. The minimum atomic E-state index is -0.871. The first kappa shape index (κ1) is 38.7. The molecule has 1 aliphatic heterocycles. The van der Waals surface area contributed by atoms with E-state index in [9.17, 15) is 4.79 Å². The number of carbonyl (C=O) groups is 1. The molecule has 262 valence electrons. The minimum absolute atomic E-state index is 0.365. The number of aliphatic imine (C=N–C) groups is 1. The number of benzene rings is 4. The monoisotopic (exact) mass is 728 g/mol. The van der Waals surface area contributed by atoms with Gasteiger partial charge >= 0.3 is 5.97 Å². The van der Waals surface area contributed by atoms with Gasteiger partial charge in [-0.15, -0.1) is 34.4 Å². The number of aromatic nitrogens is 2. The third-order valence-corrected chi connectivity index (χ3v) is 11.3. The van der Waals surface area contributed by atoms with Gasteiger partial charge in [-0.2, -0.15) is 5.26 Å². The smallest absolute Gasteiger partial charge is 0.329 e. The summed E-state index contributed by atoms with van der Waals surface area (Å²) < 4.78 is 13.0. The molecule has 0 aliphatic carbocycles. The van der Waals surface area contributed by atoms with Gasteiger partial charge in [0.1, 0.15) is 21.9 Å². The number of aliphatic carboxylic acids is 1. The molecule has 0 saturated carbocycles. The molecule has 2 aromatic heterocycles. The lowest BCUT2D eigenvalue weighted by molar-refractivity contribution is -0.137. The molecular formula is C39H44N4O4S3. The number of methoxy groups -OCH3 is 1. The average Bonchev–Trinajstić information content (AvgIpc) is 3.91. The van der Waals surface area contributed by atoms with Crippen LogP contribution in [0.2, 0.25) is 0 Å².